The number of alkyl carbamates (subject to hydrolysis) is 1. The molecule has 1 fully saturated rings. The number of hydrogen-bond acceptors (Lipinski definition) is 4. The number of nitrogens with one attached hydrogen (secondary N) is 3. The Morgan fingerprint density at radius 3 is 1.97 bits per heavy atom. The van der Waals surface area contributed by atoms with E-state index >= 15 is 0 Å². The van der Waals surface area contributed by atoms with Gasteiger partial charge in [-0.05, 0) is 40.8 Å². The van der Waals surface area contributed by atoms with Gasteiger partial charge in [-0.1, -0.05) is 103 Å². The summed E-state index contributed by atoms with van der Waals surface area (Å²) in [6, 6.07) is 37.1. The Morgan fingerprint density at radius 2 is 1.33 bits per heavy atom. The van der Waals surface area contributed by atoms with Crippen LogP contribution in [0.15, 0.2) is 115 Å². The fourth-order valence-electron chi connectivity index (χ4n) is 4.64. The molecule has 5 rings (SSSR count). The summed E-state index contributed by atoms with van der Waals surface area (Å²) < 4.78 is 5.37. The molecule has 2 amide bonds. The molecule has 3 N–H and O–H groups in total. The normalized spacial score (nSPS) is 16.6. The van der Waals surface area contributed by atoms with E-state index in [0.29, 0.717) is 24.1 Å². The average Bonchev–Trinajstić information content (AvgIpc) is 3.76. The fraction of sp³-hybridized carbons (Fsp3) is 0.212. The second-order valence-corrected chi connectivity index (χ2v) is 9.87. The van der Waals surface area contributed by atoms with Gasteiger partial charge < -0.3 is 20.7 Å². The Morgan fingerprint density at radius 1 is 0.744 bits per heavy atom. The maximum Gasteiger partial charge on any atom is 0.408 e. The summed E-state index contributed by atoms with van der Waals surface area (Å²) in [5.41, 5.74) is 5.05. The Hall–Kier alpha value is -4.42. The van der Waals surface area contributed by atoms with Crippen LogP contribution in [0.25, 0.3) is 0 Å². The van der Waals surface area contributed by atoms with Gasteiger partial charge in [0, 0.05) is 30.6 Å². The van der Waals surface area contributed by atoms with Crippen LogP contribution in [0.2, 0.25) is 0 Å². The molecule has 1 saturated carbocycles. The average molecular weight is 520 g/mol. The van der Waals surface area contributed by atoms with E-state index in [1.807, 2.05) is 78.9 Å². The molecule has 0 aliphatic heterocycles. The van der Waals surface area contributed by atoms with Gasteiger partial charge in [-0.3, -0.25) is 4.79 Å². The van der Waals surface area contributed by atoms with Gasteiger partial charge in [-0.2, -0.15) is 0 Å². The van der Waals surface area contributed by atoms with Gasteiger partial charge >= 0.3 is 6.09 Å². The predicted molar refractivity (Wildman–Crippen MR) is 153 cm³/mol. The zero-order valence-corrected chi connectivity index (χ0v) is 21.8. The highest BCUT2D eigenvalue weighted by atomic mass is 16.5. The van der Waals surface area contributed by atoms with Crippen LogP contribution in [-0.2, 0) is 29.1 Å². The van der Waals surface area contributed by atoms with Crippen LogP contribution in [0.1, 0.15) is 34.6 Å². The Kier molecular flexibility index (Phi) is 8.66. The lowest BCUT2D eigenvalue weighted by molar-refractivity contribution is -0.118. The Bertz CT molecular complexity index is 1350. The van der Waals surface area contributed by atoms with Gasteiger partial charge in [0.2, 0.25) is 5.91 Å². The van der Waals surface area contributed by atoms with Crippen molar-refractivity contribution in [2.75, 3.05) is 5.32 Å². The first kappa shape index (κ1) is 26.2. The molecule has 0 aromatic heterocycles. The molecule has 6 heteroatoms. The molecular weight excluding hydrogens is 486 g/mol. The smallest absolute Gasteiger partial charge is 0.408 e. The highest BCUT2D eigenvalue weighted by Crippen LogP contribution is 2.41. The van der Waals surface area contributed by atoms with Crippen molar-refractivity contribution in [1.82, 2.24) is 10.6 Å². The van der Waals surface area contributed by atoms with Gasteiger partial charge in [0.05, 0.1) is 0 Å². The van der Waals surface area contributed by atoms with Crippen LogP contribution in [0.5, 0.6) is 0 Å². The Balaban J connectivity index is 1.16. The van der Waals surface area contributed by atoms with Crippen LogP contribution >= 0.6 is 0 Å². The summed E-state index contributed by atoms with van der Waals surface area (Å²) in [4.78, 5) is 25.8. The van der Waals surface area contributed by atoms with Crippen molar-refractivity contribution < 1.29 is 14.3 Å². The molecule has 1 aliphatic rings. The highest BCUT2D eigenvalue weighted by Gasteiger charge is 2.37. The second kappa shape index (κ2) is 12.9. The van der Waals surface area contributed by atoms with Crippen LogP contribution in [0.4, 0.5) is 10.5 Å². The lowest BCUT2D eigenvalue weighted by Crippen LogP contribution is -2.45. The van der Waals surface area contributed by atoms with E-state index < -0.39 is 12.1 Å². The van der Waals surface area contributed by atoms with Crippen molar-refractivity contribution in [2.24, 2.45) is 0 Å². The number of amides is 2. The summed E-state index contributed by atoms with van der Waals surface area (Å²) in [7, 11) is 0. The van der Waals surface area contributed by atoms with E-state index in [1.54, 1.807) is 0 Å². The predicted octanol–water partition coefficient (Wildman–Crippen LogP) is 5.81. The minimum Gasteiger partial charge on any atom is -0.445 e. The molecule has 1 unspecified atom stereocenters. The molecule has 3 atom stereocenters. The number of anilines is 1. The van der Waals surface area contributed by atoms with Crippen molar-refractivity contribution >= 4 is 17.7 Å². The number of carbonyl (C=O) groups excluding carboxylic acids is 2. The SMILES string of the molecule is O=C(NC(Cc1ccccc1)C(=O)Nc1ccc([C@@H]2C[C@H]2NCc2ccccc2)cc1)OCc1ccccc1. The second-order valence-electron chi connectivity index (χ2n) is 9.87. The minimum atomic E-state index is -0.787. The third kappa shape index (κ3) is 7.79. The molecule has 4 aromatic rings. The van der Waals surface area contributed by atoms with Gasteiger partial charge in [0.25, 0.3) is 0 Å². The molecular formula is C33H33N3O3. The summed E-state index contributed by atoms with van der Waals surface area (Å²) in [6.07, 6.45) is 0.822. The van der Waals surface area contributed by atoms with E-state index in [-0.39, 0.29) is 12.5 Å². The zero-order valence-electron chi connectivity index (χ0n) is 21.8. The van der Waals surface area contributed by atoms with E-state index in [2.05, 4.69) is 52.3 Å². The molecule has 6 nitrogen and oxygen atoms in total. The molecule has 39 heavy (non-hydrogen) atoms. The zero-order chi connectivity index (χ0) is 26.9. The standard InChI is InChI=1S/C33H33N3O3/c37-32(31(20-24-10-4-1-5-11-24)36-33(38)39-23-26-14-8-3-9-15-26)35-28-18-16-27(17-19-28)29-21-30(29)34-22-25-12-6-2-7-13-25/h1-19,29-31,34H,20-23H2,(H,35,37)(H,36,38)/t29-,30+,31?/m0/s1. The van der Waals surface area contributed by atoms with Crippen LogP contribution < -0.4 is 16.0 Å². The van der Waals surface area contributed by atoms with E-state index in [9.17, 15) is 9.59 Å². The molecule has 0 spiro atoms. The van der Waals surface area contributed by atoms with Gasteiger partial charge in [-0.15, -0.1) is 0 Å². The molecule has 0 bridgehead atoms. The van der Waals surface area contributed by atoms with Crippen molar-refractivity contribution in [3.8, 4) is 0 Å². The van der Waals surface area contributed by atoms with Crippen molar-refractivity contribution in [3.63, 3.8) is 0 Å². The number of carbonyl (C=O) groups is 2. The highest BCUT2D eigenvalue weighted by molar-refractivity contribution is 5.96. The summed E-state index contributed by atoms with van der Waals surface area (Å²) >= 11 is 0. The monoisotopic (exact) mass is 519 g/mol. The number of hydrogen-bond donors (Lipinski definition) is 3. The van der Waals surface area contributed by atoms with Crippen LogP contribution in [0, 0.1) is 0 Å². The Labute approximate surface area is 229 Å². The summed E-state index contributed by atoms with van der Waals surface area (Å²) in [5, 5.41) is 9.33. The lowest BCUT2D eigenvalue weighted by atomic mass is 10.0. The first-order valence-corrected chi connectivity index (χ1v) is 13.3. The fourth-order valence-corrected chi connectivity index (χ4v) is 4.64. The molecule has 0 saturated heterocycles. The van der Waals surface area contributed by atoms with Crippen LogP contribution in [0.3, 0.4) is 0 Å². The minimum absolute atomic E-state index is 0.135. The quantitative estimate of drug-likeness (QED) is 0.234. The van der Waals surface area contributed by atoms with Crippen molar-refractivity contribution in [1.29, 1.82) is 0 Å². The van der Waals surface area contributed by atoms with E-state index in [1.165, 1.54) is 11.1 Å². The number of ether oxygens (including phenoxy) is 1. The first-order chi connectivity index (χ1) is 19.1. The van der Waals surface area contributed by atoms with Crippen molar-refractivity contribution in [2.45, 2.75) is 44.0 Å². The van der Waals surface area contributed by atoms with Gasteiger partial charge in [-0.25, -0.2) is 4.79 Å². The molecule has 198 valence electrons. The van der Waals surface area contributed by atoms with Gasteiger partial charge in [0.15, 0.2) is 0 Å². The third-order valence-corrected chi connectivity index (χ3v) is 6.91. The topological polar surface area (TPSA) is 79.5 Å². The summed E-state index contributed by atoms with van der Waals surface area (Å²) in [5.74, 6) is 0.183. The van der Waals surface area contributed by atoms with Gasteiger partial charge in [0.1, 0.15) is 12.6 Å². The largest absolute Gasteiger partial charge is 0.445 e. The molecule has 1 aliphatic carbocycles. The first-order valence-electron chi connectivity index (χ1n) is 13.3. The molecule has 4 aromatic carbocycles. The number of benzene rings is 4. The summed E-state index contributed by atoms with van der Waals surface area (Å²) in [6.45, 7) is 0.996. The maximum absolute atomic E-state index is 13.2. The number of rotatable bonds is 11. The molecule has 0 heterocycles. The van der Waals surface area contributed by atoms with Crippen molar-refractivity contribution in [3.05, 3.63) is 138 Å². The van der Waals surface area contributed by atoms with E-state index in [0.717, 1.165) is 24.1 Å². The maximum atomic E-state index is 13.2. The van der Waals surface area contributed by atoms with Crippen LogP contribution in [-0.4, -0.2) is 24.1 Å². The lowest BCUT2D eigenvalue weighted by Gasteiger charge is -2.19. The van der Waals surface area contributed by atoms with E-state index in [4.69, 9.17) is 4.74 Å². The molecule has 0 radical (unpaired) electrons. The third-order valence-electron chi connectivity index (χ3n) is 6.91.